The molecule has 0 bridgehead atoms. The number of hydrogen-bond acceptors (Lipinski definition) is 8. The normalized spacial score (nSPS) is 10.8. The Labute approximate surface area is 159 Å². The Hall–Kier alpha value is -4.01. The molecule has 0 saturated carbocycles. The van der Waals surface area contributed by atoms with Gasteiger partial charge in [0.1, 0.15) is 11.5 Å². The number of nitrogens with one attached hydrogen (secondary N) is 1. The van der Waals surface area contributed by atoms with Crippen LogP contribution in [0.1, 0.15) is 21.7 Å². The molecule has 3 aromatic rings. The molecule has 28 heavy (non-hydrogen) atoms. The molecule has 0 aliphatic carbocycles. The van der Waals surface area contributed by atoms with Crippen molar-refractivity contribution in [1.29, 1.82) is 0 Å². The van der Waals surface area contributed by atoms with Gasteiger partial charge in [0.15, 0.2) is 0 Å². The van der Waals surface area contributed by atoms with E-state index in [0.717, 1.165) is 11.1 Å². The molecule has 0 fully saturated rings. The van der Waals surface area contributed by atoms with Gasteiger partial charge in [0.25, 0.3) is 0 Å². The van der Waals surface area contributed by atoms with Gasteiger partial charge in [-0.1, -0.05) is 12.1 Å². The largest absolute Gasteiger partial charge is 0.465 e. The Bertz CT molecular complexity index is 1060. The van der Waals surface area contributed by atoms with E-state index in [1.54, 1.807) is 31.2 Å². The number of carbonyl (C=O) groups is 1. The highest BCUT2D eigenvalue weighted by molar-refractivity contribution is 5.93. The number of furan rings is 1. The summed E-state index contributed by atoms with van der Waals surface area (Å²) in [4.78, 5) is 26.1. The maximum absolute atomic E-state index is 11.8. The van der Waals surface area contributed by atoms with Crippen LogP contribution in [0.5, 0.6) is 0 Å². The summed E-state index contributed by atoms with van der Waals surface area (Å²) in [7, 11) is 1.33. The molecule has 0 spiro atoms. The fraction of sp³-hybridized carbons (Fsp3) is 0.105. The van der Waals surface area contributed by atoms with Crippen molar-refractivity contribution in [3.05, 3.63) is 75.7 Å². The number of methoxy groups -OCH3 is 1. The number of aromatic nitrogens is 1. The lowest BCUT2D eigenvalue weighted by molar-refractivity contribution is -0.384. The summed E-state index contributed by atoms with van der Waals surface area (Å²) >= 11 is 0. The van der Waals surface area contributed by atoms with Crippen LogP contribution < -0.4 is 5.43 Å². The minimum Gasteiger partial charge on any atom is -0.465 e. The summed E-state index contributed by atoms with van der Waals surface area (Å²) in [5.74, 6) is 0.573. The third-order valence-corrected chi connectivity index (χ3v) is 3.98. The second-order valence-corrected chi connectivity index (χ2v) is 5.67. The van der Waals surface area contributed by atoms with Crippen LogP contribution >= 0.6 is 0 Å². The lowest BCUT2D eigenvalue weighted by Gasteiger charge is -2.07. The van der Waals surface area contributed by atoms with Gasteiger partial charge in [-0.3, -0.25) is 15.5 Å². The van der Waals surface area contributed by atoms with Gasteiger partial charge in [0, 0.05) is 17.8 Å². The summed E-state index contributed by atoms with van der Waals surface area (Å²) in [6, 6.07) is 11.5. The number of nitro groups is 1. The second kappa shape index (κ2) is 8.12. The molecule has 0 radical (unpaired) electrons. The zero-order valence-electron chi connectivity index (χ0n) is 15.1. The molecule has 1 aromatic carbocycles. The summed E-state index contributed by atoms with van der Waals surface area (Å²) < 4.78 is 10.5. The Kier molecular flexibility index (Phi) is 5.45. The van der Waals surface area contributed by atoms with E-state index >= 15 is 0 Å². The lowest BCUT2D eigenvalue weighted by atomic mass is 10.0. The first-order valence-electron chi connectivity index (χ1n) is 8.18. The van der Waals surface area contributed by atoms with Crippen LogP contribution in [-0.2, 0) is 4.74 Å². The third-order valence-electron chi connectivity index (χ3n) is 3.98. The number of hydrazone groups is 1. The van der Waals surface area contributed by atoms with E-state index < -0.39 is 10.9 Å². The fourth-order valence-corrected chi connectivity index (χ4v) is 2.59. The third kappa shape index (κ3) is 3.88. The Morgan fingerprint density at radius 1 is 1.29 bits per heavy atom. The van der Waals surface area contributed by atoms with E-state index in [2.05, 4.69) is 15.5 Å². The second-order valence-electron chi connectivity index (χ2n) is 5.67. The quantitative estimate of drug-likeness (QED) is 0.299. The highest BCUT2D eigenvalue weighted by Gasteiger charge is 2.15. The zero-order chi connectivity index (χ0) is 20.1. The van der Waals surface area contributed by atoms with E-state index in [1.165, 1.54) is 31.7 Å². The fourth-order valence-electron chi connectivity index (χ4n) is 2.59. The topological polar surface area (TPSA) is 120 Å². The molecule has 2 heterocycles. The summed E-state index contributed by atoms with van der Waals surface area (Å²) in [6.45, 7) is 1.81. The van der Waals surface area contributed by atoms with E-state index in [9.17, 15) is 14.9 Å². The molecule has 1 N–H and O–H groups in total. The number of esters is 1. The van der Waals surface area contributed by atoms with Crippen molar-refractivity contribution < 1.29 is 18.9 Å². The molecule has 0 saturated heterocycles. The van der Waals surface area contributed by atoms with Crippen molar-refractivity contribution in [1.82, 2.24) is 4.98 Å². The van der Waals surface area contributed by atoms with Crippen molar-refractivity contribution in [3.63, 3.8) is 0 Å². The number of rotatable bonds is 6. The van der Waals surface area contributed by atoms with Gasteiger partial charge in [0.2, 0.25) is 5.82 Å². The van der Waals surface area contributed by atoms with E-state index in [1.807, 2.05) is 6.07 Å². The van der Waals surface area contributed by atoms with Crippen LogP contribution in [0.2, 0.25) is 0 Å². The molecular weight excluding hydrogens is 364 g/mol. The van der Waals surface area contributed by atoms with E-state index in [-0.39, 0.29) is 11.5 Å². The summed E-state index contributed by atoms with van der Waals surface area (Å²) in [5, 5.41) is 14.9. The standard InChI is InChI=1S/C19H16N4O5/c1-12-14(5-3-6-15(12)19(24)27-2)17-9-8-13(28-17)11-21-22-18-16(23(25)26)7-4-10-20-18/h3-11H,1-2H3,(H,20,22)/b21-11+. The molecule has 9 heteroatoms. The molecule has 0 unspecified atom stereocenters. The van der Waals surface area contributed by atoms with Gasteiger partial charge in [-0.2, -0.15) is 5.10 Å². The molecular formula is C19H16N4O5. The Balaban J connectivity index is 1.80. The van der Waals surface area contributed by atoms with Crippen molar-refractivity contribution in [2.24, 2.45) is 5.10 Å². The Morgan fingerprint density at radius 3 is 2.86 bits per heavy atom. The maximum Gasteiger partial charge on any atom is 0.338 e. The number of ether oxygens (including phenoxy) is 1. The van der Waals surface area contributed by atoms with Crippen molar-refractivity contribution in [2.45, 2.75) is 6.92 Å². The SMILES string of the molecule is COC(=O)c1cccc(-c2ccc(/C=N/Nc3ncccc3[N+](=O)[O-])o2)c1C. The molecule has 0 atom stereocenters. The van der Waals surface area contributed by atoms with Gasteiger partial charge < -0.3 is 9.15 Å². The number of nitrogens with zero attached hydrogens (tertiary/aromatic N) is 3. The van der Waals surface area contributed by atoms with Crippen LogP contribution in [0.3, 0.4) is 0 Å². The van der Waals surface area contributed by atoms with Gasteiger partial charge >= 0.3 is 11.7 Å². The predicted octanol–water partition coefficient (Wildman–Crippen LogP) is 3.79. The molecule has 2 aromatic heterocycles. The number of hydrogen-bond donors (Lipinski definition) is 1. The van der Waals surface area contributed by atoms with Crippen molar-refractivity contribution in [2.75, 3.05) is 12.5 Å². The van der Waals surface area contributed by atoms with Crippen molar-refractivity contribution in [3.8, 4) is 11.3 Å². The Morgan fingerprint density at radius 2 is 2.11 bits per heavy atom. The van der Waals surface area contributed by atoms with Crippen LogP contribution in [0.25, 0.3) is 11.3 Å². The first-order valence-corrected chi connectivity index (χ1v) is 8.18. The summed E-state index contributed by atoms with van der Waals surface area (Å²) in [6.07, 6.45) is 2.80. The smallest absolute Gasteiger partial charge is 0.338 e. The zero-order valence-corrected chi connectivity index (χ0v) is 15.1. The summed E-state index contributed by atoms with van der Waals surface area (Å²) in [5.41, 5.74) is 4.28. The molecule has 0 aliphatic rings. The first-order chi connectivity index (χ1) is 13.5. The highest BCUT2D eigenvalue weighted by Crippen LogP contribution is 2.27. The highest BCUT2D eigenvalue weighted by atomic mass is 16.6. The minimum atomic E-state index is -0.549. The number of benzene rings is 1. The molecule has 0 amide bonds. The number of carbonyl (C=O) groups excluding carboxylic acids is 1. The van der Waals surface area contributed by atoms with Crippen molar-refractivity contribution >= 4 is 23.7 Å². The van der Waals surface area contributed by atoms with E-state index in [4.69, 9.17) is 9.15 Å². The molecule has 9 nitrogen and oxygen atoms in total. The monoisotopic (exact) mass is 380 g/mol. The van der Waals surface area contributed by atoms with Crippen LogP contribution in [0.4, 0.5) is 11.5 Å². The van der Waals surface area contributed by atoms with E-state index in [0.29, 0.717) is 17.1 Å². The molecule has 142 valence electrons. The average Bonchev–Trinajstić information content (AvgIpc) is 3.16. The van der Waals surface area contributed by atoms with Crippen LogP contribution in [0.15, 0.2) is 58.2 Å². The number of anilines is 1. The maximum atomic E-state index is 11.8. The van der Waals surface area contributed by atoms with Gasteiger partial charge in [-0.05, 0) is 36.8 Å². The predicted molar refractivity (Wildman–Crippen MR) is 102 cm³/mol. The van der Waals surface area contributed by atoms with Crippen LogP contribution in [-0.4, -0.2) is 29.2 Å². The minimum absolute atomic E-state index is 0.0251. The van der Waals surface area contributed by atoms with Gasteiger partial charge in [-0.15, -0.1) is 0 Å². The average molecular weight is 380 g/mol. The number of pyridine rings is 1. The van der Waals surface area contributed by atoms with Gasteiger partial charge in [-0.25, -0.2) is 9.78 Å². The molecule has 3 rings (SSSR count). The van der Waals surface area contributed by atoms with Gasteiger partial charge in [0.05, 0.1) is 23.8 Å². The molecule has 0 aliphatic heterocycles. The lowest BCUT2D eigenvalue weighted by Crippen LogP contribution is -2.04. The van der Waals surface area contributed by atoms with Crippen LogP contribution in [0, 0.1) is 17.0 Å². The first kappa shape index (κ1) is 18.8.